The van der Waals surface area contributed by atoms with E-state index in [1.54, 1.807) is 6.26 Å². The first-order chi connectivity index (χ1) is 11.8. The zero-order chi connectivity index (χ0) is 16.4. The zero-order valence-electron chi connectivity index (χ0n) is 14.4. The molecular weight excluding hydrogens is 304 g/mol. The quantitative estimate of drug-likeness (QED) is 0.803. The summed E-state index contributed by atoms with van der Waals surface area (Å²) in [5, 5.41) is 0. The second kappa shape index (κ2) is 6.89. The summed E-state index contributed by atoms with van der Waals surface area (Å²) in [6, 6.07) is 4.00. The van der Waals surface area contributed by atoms with Gasteiger partial charge in [0.1, 0.15) is 12.4 Å². The number of nitrogens with zero attached hydrogens (tertiary/aromatic N) is 2. The second-order valence-corrected chi connectivity index (χ2v) is 7.78. The average Bonchev–Trinajstić information content (AvgIpc) is 3.32. The Kier molecular flexibility index (Phi) is 4.63. The van der Waals surface area contributed by atoms with E-state index in [0.29, 0.717) is 5.92 Å². The largest absolute Gasteiger partial charge is 0.468 e. The third-order valence-corrected chi connectivity index (χ3v) is 6.14. The molecule has 2 atom stereocenters. The van der Waals surface area contributed by atoms with Crippen molar-refractivity contribution in [3.8, 4) is 0 Å². The maximum Gasteiger partial charge on any atom is 0.248 e. The van der Waals surface area contributed by atoms with Gasteiger partial charge in [-0.05, 0) is 43.7 Å². The maximum absolute atomic E-state index is 12.2. The number of ether oxygens (including phenoxy) is 1. The lowest BCUT2D eigenvalue weighted by molar-refractivity contribution is -0.136. The van der Waals surface area contributed by atoms with Crippen molar-refractivity contribution in [1.82, 2.24) is 9.80 Å². The molecule has 0 N–H and O–H groups in total. The molecule has 1 aromatic rings. The van der Waals surface area contributed by atoms with Gasteiger partial charge in [-0.15, -0.1) is 0 Å². The Balaban J connectivity index is 1.30. The molecule has 1 aliphatic carbocycles. The Morgan fingerprint density at radius 1 is 1.33 bits per heavy atom. The van der Waals surface area contributed by atoms with E-state index in [9.17, 15) is 4.79 Å². The van der Waals surface area contributed by atoms with Gasteiger partial charge in [0.05, 0.1) is 19.4 Å². The smallest absolute Gasteiger partial charge is 0.248 e. The SMILES string of the molecule is O=C(COC[C@@]12CCC[C@@H]1CN(Cc1ccco1)C2)N1CCCC1. The van der Waals surface area contributed by atoms with E-state index in [0.717, 1.165) is 57.9 Å². The van der Waals surface area contributed by atoms with Crippen molar-refractivity contribution in [3.63, 3.8) is 0 Å². The van der Waals surface area contributed by atoms with E-state index in [-0.39, 0.29) is 17.9 Å². The molecule has 24 heavy (non-hydrogen) atoms. The van der Waals surface area contributed by atoms with Crippen LogP contribution in [0.2, 0.25) is 0 Å². The molecule has 3 aliphatic rings. The van der Waals surface area contributed by atoms with Crippen LogP contribution in [0.4, 0.5) is 0 Å². The van der Waals surface area contributed by atoms with Crippen molar-refractivity contribution in [2.75, 3.05) is 39.4 Å². The fourth-order valence-electron chi connectivity index (χ4n) is 4.90. The van der Waals surface area contributed by atoms with Crippen LogP contribution in [-0.2, 0) is 16.1 Å². The number of amides is 1. The minimum Gasteiger partial charge on any atom is -0.468 e. The van der Waals surface area contributed by atoms with Gasteiger partial charge in [0.2, 0.25) is 5.91 Å². The molecule has 0 spiro atoms. The van der Waals surface area contributed by atoms with E-state index in [4.69, 9.17) is 9.15 Å². The summed E-state index contributed by atoms with van der Waals surface area (Å²) in [7, 11) is 0. The van der Waals surface area contributed by atoms with Crippen LogP contribution in [0.1, 0.15) is 37.9 Å². The topological polar surface area (TPSA) is 45.9 Å². The highest BCUT2D eigenvalue weighted by atomic mass is 16.5. The van der Waals surface area contributed by atoms with Crippen LogP contribution in [-0.4, -0.2) is 55.1 Å². The Bertz CT molecular complexity index is 553. The predicted octanol–water partition coefficient (Wildman–Crippen LogP) is 2.52. The molecule has 0 aromatic carbocycles. The normalized spacial score (nSPS) is 30.2. The van der Waals surface area contributed by atoms with Crippen molar-refractivity contribution in [3.05, 3.63) is 24.2 Å². The molecule has 2 saturated heterocycles. The second-order valence-electron chi connectivity index (χ2n) is 7.78. The van der Waals surface area contributed by atoms with E-state index < -0.39 is 0 Å². The Hall–Kier alpha value is -1.33. The van der Waals surface area contributed by atoms with Crippen LogP contribution in [0.5, 0.6) is 0 Å². The number of carbonyl (C=O) groups is 1. The van der Waals surface area contributed by atoms with Crippen molar-refractivity contribution in [2.45, 2.75) is 38.6 Å². The van der Waals surface area contributed by atoms with Gasteiger partial charge in [0.25, 0.3) is 0 Å². The lowest BCUT2D eigenvalue weighted by Gasteiger charge is -2.29. The van der Waals surface area contributed by atoms with Gasteiger partial charge < -0.3 is 14.1 Å². The van der Waals surface area contributed by atoms with Gasteiger partial charge in [-0.3, -0.25) is 9.69 Å². The highest BCUT2D eigenvalue weighted by molar-refractivity contribution is 5.77. The van der Waals surface area contributed by atoms with Crippen LogP contribution >= 0.6 is 0 Å². The van der Waals surface area contributed by atoms with E-state index in [2.05, 4.69) is 4.90 Å². The standard InChI is InChI=1S/C19H28N2O3/c22-18(21-8-1-2-9-21)13-23-15-19-7-3-5-16(19)11-20(14-19)12-17-6-4-10-24-17/h4,6,10,16H,1-3,5,7-9,11-15H2/t16-,19+/m1/s1. The summed E-state index contributed by atoms with van der Waals surface area (Å²) in [4.78, 5) is 16.6. The summed E-state index contributed by atoms with van der Waals surface area (Å²) in [6.45, 7) is 5.89. The molecule has 132 valence electrons. The van der Waals surface area contributed by atoms with Crippen LogP contribution in [0, 0.1) is 11.3 Å². The Labute approximate surface area is 143 Å². The Morgan fingerprint density at radius 2 is 2.21 bits per heavy atom. The highest BCUT2D eigenvalue weighted by Gasteiger charge is 2.49. The van der Waals surface area contributed by atoms with Crippen LogP contribution in [0.25, 0.3) is 0 Å². The molecule has 3 heterocycles. The molecule has 5 nitrogen and oxygen atoms in total. The van der Waals surface area contributed by atoms with Gasteiger partial charge in [-0.25, -0.2) is 0 Å². The molecule has 4 rings (SSSR count). The number of hydrogen-bond acceptors (Lipinski definition) is 4. The van der Waals surface area contributed by atoms with Crippen molar-refractivity contribution < 1.29 is 13.9 Å². The monoisotopic (exact) mass is 332 g/mol. The summed E-state index contributed by atoms with van der Waals surface area (Å²) in [5.74, 6) is 1.91. The summed E-state index contributed by atoms with van der Waals surface area (Å²) < 4.78 is 11.4. The van der Waals surface area contributed by atoms with E-state index in [1.807, 2.05) is 17.0 Å². The Morgan fingerprint density at radius 3 is 3.00 bits per heavy atom. The lowest BCUT2D eigenvalue weighted by Crippen LogP contribution is -2.36. The first-order valence-corrected chi connectivity index (χ1v) is 9.35. The van der Waals surface area contributed by atoms with Crippen molar-refractivity contribution >= 4 is 5.91 Å². The zero-order valence-corrected chi connectivity index (χ0v) is 14.4. The fraction of sp³-hybridized carbons (Fsp3) is 0.737. The van der Waals surface area contributed by atoms with Crippen LogP contribution in [0.15, 0.2) is 22.8 Å². The van der Waals surface area contributed by atoms with Gasteiger partial charge in [-0.1, -0.05) is 6.42 Å². The lowest BCUT2D eigenvalue weighted by atomic mass is 9.81. The van der Waals surface area contributed by atoms with Gasteiger partial charge in [0.15, 0.2) is 0 Å². The predicted molar refractivity (Wildman–Crippen MR) is 90.4 cm³/mol. The van der Waals surface area contributed by atoms with E-state index >= 15 is 0 Å². The summed E-state index contributed by atoms with van der Waals surface area (Å²) >= 11 is 0. The molecule has 3 fully saturated rings. The number of carbonyl (C=O) groups excluding carboxylic acids is 1. The average molecular weight is 332 g/mol. The van der Waals surface area contributed by atoms with Crippen molar-refractivity contribution in [2.24, 2.45) is 11.3 Å². The number of fused-ring (bicyclic) bond motifs is 1. The minimum absolute atomic E-state index is 0.170. The third-order valence-electron chi connectivity index (χ3n) is 6.14. The summed E-state index contributed by atoms with van der Waals surface area (Å²) in [5.41, 5.74) is 0.248. The molecule has 5 heteroatoms. The number of likely N-dealkylation sites (tertiary alicyclic amines) is 2. The van der Waals surface area contributed by atoms with Gasteiger partial charge in [0, 0.05) is 31.6 Å². The number of hydrogen-bond donors (Lipinski definition) is 0. The molecule has 1 saturated carbocycles. The number of rotatable bonds is 6. The van der Waals surface area contributed by atoms with Gasteiger partial charge in [-0.2, -0.15) is 0 Å². The molecule has 2 aliphatic heterocycles. The van der Waals surface area contributed by atoms with Crippen LogP contribution < -0.4 is 0 Å². The molecule has 0 bridgehead atoms. The summed E-state index contributed by atoms with van der Waals surface area (Å²) in [6.07, 6.45) is 7.83. The maximum atomic E-state index is 12.2. The molecule has 1 amide bonds. The third kappa shape index (κ3) is 3.24. The van der Waals surface area contributed by atoms with Crippen molar-refractivity contribution in [1.29, 1.82) is 0 Å². The molecule has 0 unspecified atom stereocenters. The first-order valence-electron chi connectivity index (χ1n) is 9.35. The van der Waals surface area contributed by atoms with Crippen LogP contribution in [0.3, 0.4) is 0 Å². The highest BCUT2D eigenvalue weighted by Crippen LogP contribution is 2.49. The first kappa shape index (κ1) is 16.2. The molecule has 0 radical (unpaired) electrons. The van der Waals surface area contributed by atoms with E-state index in [1.165, 1.54) is 19.3 Å². The minimum atomic E-state index is 0.170. The van der Waals surface area contributed by atoms with Gasteiger partial charge >= 0.3 is 0 Å². The fourth-order valence-corrected chi connectivity index (χ4v) is 4.90. The molecular formula is C19H28N2O3. The molecule has 1 aromatic heterocycles. The number of furan rings is 1.